The van der Waals surface area contributed by atoms with E-state index in [0.29, 0.717) is 0 Å². The van der Waals surface area contributed by atoms with E-state index in [2.05, 4.69) is 37.9 Å². The van der Waals surface area contributed by atoms with Crippen LogP contribution in [0.3, 0.4) is 0 Å². The van der Waals surface area contributed by atoms with Crippen LogP contribution in [0.15, 0.2) is 24.3 Å². The fourth-order valence-electron chi connectivity index (χ4n) is 2.48. The summed E-state index contributed by atoms with van der Waals surface area (Å²) in [5.74, 6) is 0.915. The van der Waals surface area contributed by atoms with E-state index in [1.165, 1.54) is 5.56 Å². The van der Waals surface area contributed by atoms with Gasteiger partial charge in [0.1, 0.15) is 5.75 Å². The number of fused-ring (bicyclic) bond motifs is 1. The Morgan fingerprint density at radius 1 is 1.24 bits per heavy atom. The molecule has 0 aliphatic rings. The lowest BCUT2D eigenvalue weighted by molar-refractivity contribution is 0.310. The highest BCUT2D eigenvalue weighted by molar-refractivity contribution is 5.84. The standard InChI is InChI=1S/C18H26N2O/c1-5-6-9-21-15-7-8-17-16(11-15)14(10-13(2)20-17)12-18(3,4)19/h7-8,10-11H,5-6,9,12,19H2,1-4H3. The normalized spacial score (nSPS) is 11.9. The Balaban J connectivity index is 2.38. The number of unbranched alkanes of at least 4 members (excludes halogenated alkanes) is 1. The lowest BCUT2D eigenvalue weighted by atomic mass is 9.93. The molecule has 0 bridgehead atoms. The van der Waals surface area contributed by atoms with Crippen LogP contribution in [-0.4, -0.2) is 17.1 Å². The number of nitrogens with zero attached hydrogens (tertiary/aromatic N) is 1. The zero-order valence-corrected chi connectivity index (χ0v) is 13.6. The molecule has 1 aromatic heterocycles. The summed E-state index contributed by atoms with van der Waals surface area (Å²) in [6, 6.07) is 8.27. The SMILES string of the molecule is CCCCOc1ccc2nc(C)cc(CC(C)(C)N)c2c1. The molecule has 0 saturated heterocycles. The van der Waals surface area contributed by atoms with Gasteiger partial charge in [-0.25, -0.2) is 0 Å². The number of ether oxygens (including phenoxy) is 1. The molecular formula is C18H26N2O. The van der Waals surface area contributed by atoms with Crippen molar-refractivity contribution in [3.05, 3.63) is 35.5 Å². The Bertz CT molecular complexity index is 614. The topological polar surface area (TPSA) is 48.1 Å². The van der Waals surface area contributed by atoms with Crippen LogP contribution >= 0.6 is 0 Å². The average molecular weight is 286 g/mol. The maximum absolute atomic E-state index is 6.19. The van der Waals surface area contributed by atoms with Crippen LogP contribution in [-0.2, 0) is 6.42 Å². The first-order valence-corrected chi connectivity index (χ1v) is 7.71. The number of aryl methyl sites for hydroxylation is 1. The summed E-state index contributed by atoms with van der Waals surface area (Å²) < 4.78 is 5.81. The Kier molecular flexibility index (Phi) is 4.84. The van der Waals surface area contributed by atoms with Crippen molar-refractivity contribution in [1.29, 1.82) is 0 Å². The summed E-state index contributed by atoms with van der Waals surface area (Å²) >= 11 is 0. The predicted octanol–water partition coefficient (Wildman–Crippen LogP) is 4.00. The number of aromatic nitrogens is 1. The Morgan fingerprint density at radius 2 is 2.00 bits per heavy atom. The molecule has 3 nitrogen and oxygen atoms in total. The fourth-order valence-corrected chi connectivity index (χ4v) is 2.48. The third-order valence-corrected chi connectivity index (χ3v) is 3.41. The molecule has 2 aromatic rings. The molecule has 0 aliphatic heterocycles. The summed E-state index contributed by atoms with van der Waals surface area (Å²) in [4.78, 5) is 4.61. The van der Waals surface area contributed by atoms with E-state index in [9.17, 15) is 0 Å². The van der Waals surface area contributed by atoms with Crippen LogP contribution in [0.4, 0.5) is 0 Å². The molecule has 2 rings (SSSR count). The number of hydrogen-bond acceptors (Lipinski definition) is 3. The van der Waals surface area contributed by atoms with Crippen molar-refractivity contribution in [2.75, 3.05) is 6.61 Å². The molecule has 21 heavy (non-hydrogen) atoms. The van der Waals surface area contributed by atoms with Gasteiger partial charge in [0, 0.05) is 16.6 Å². The summed E-state index contributed by atoms with van der Waals surface area (Å²) in [6.07, 6.45) is 3.04. The Hall–Kier alpha value is -1.61. The van der Waals surface area contributed by atoms with Crippen molar-refractivity contribution in [1.82, 2.24) is 4.98 Å². The van der Waals surface area contributed by atoms with Gasteiger partial charge in [0.05, 0.1) is 12.1 Å². The zero-order chi connectivity index (χ0) is 15.5. The first kappa shape index (κ1) is 15.8. The summed E-state index contributed by atoms with van der Waals surface area (Å²) in [6.45, 7) is 9.06. The molecule has 0 aliphatic carbocycles. The first-order valence-electron chi connectivity index (χ1n) is 7.71. The zero-order valence-electron chi connectivity index (χ0n) is 13.6. The number of pyridine rings is 1. The summed E-state index contributed by atoms with van der Waals surface area (Å²) in [5, 5.41) is 1.15. The molecule has 0 radical (unpaired) electrons. The van der Waals surface area contributed by atoms with Crippen LogP contribution in [0.25, 0.3) is 10.9 Å². The molecule has 114 valence electrons. The lowest BCUT2D eigenvalue weighted by Crippen LogP contribution is -2.34. The average Bonchev–Trinajstić information content (AvgIpc) is 2.37. The van der Waals surface area contributed by atoms with E-state index in [4.69, 9.17) is 10.5 Å². The third kappa shape index (κ3) is 4.43. The maximum Gasteiger partial charge on any atom is 0.120 e. The lowest BCUT2D eigenvalue weighted by Gasteiger charge is -2.20. The highest BCUT2D eigenvalue weighted by atomic mass is 16.5. The molecule has 0 amide bonds. The molecular weight excluding hydrogens is 260 g/mol. The number of nitrogens with two attached hydrogens (primary N) is 1. The van der Waals surface area contributed by atoms with E-state index in [1.807, 2.05) is 19.1 Å². The highest BCUT2D eigenvalue weighted by Crippen LogP contribution is 2.26. The van der Waals surface area contributed by atoms with Gasteiger partial charge in [-0.1, -0.05) is 13.3 Å². The van der Waals surface area contributed by atoms with Gasteiger partial charge in [-0.3, -0.25) is 4.98 Å². The number of benzene rings is 1. The van der Waals surface area contributed by atoms with Crippen molar-refractivity contribution in [3.8, 4) is 5.75 Å². The minimum absolute atomic E-state index is 0.236. The van der Waals surface area contributed by atoms with Crippen LogP contribution in [0, 0.1) is 6.92 Å². The molecule has 0 saturated carbocycles. The van der Waals surface area contributed by atoms with Crippen LogP contribution in [0.2, 0.25) is 0 Å². The van der Waals surface area contributed by atoms with Crippen LogP contribution < -0.4 is 10.5 Å². The van der Waals surface area contributed by atoms with Crippen molar-refractivity contribution in [2.45, 2.75) is 52.5 Å². The van der Waals surface area contributed by atoms with Gasteiger partial charge < -0.3 is 10.5 Å². The van der Waals surface area contributed by atoms with Crippen molar-refractivity contribution in [3.63, 3.8) is 0 Å². The van der Waals surface area contributed by atoms with Crippen LogP contribution in [0.1, 0.15) is 44.9 Å². The van der Waals surface area contributed by atoms with Crippen molar-refractivity contribution >= 4 is 10.9 Å². The van der Waals surface area contributed by atoms with Gasteiger partial charge in [0.2, 0.25) is 0 Å². The van der Waals surface area contributed by atoms with E-state index in [0.717, 1.165) is 48.2 Å². The second-order valence-electron chi connectivity index (χ2n) is 6.47. The highest BCUT2D eigenvalue weighted by Gasteiger charge is 2.15. The summed E-state index contributed by atoms with van der Waals surface area (Å²) in [5.41, 5.74) is 9.24. The van der Waals surface area contributed by atoms with Gasteiger partial charge in [0.25, 0.3) is 0 Å². The molecule has 0 unspecified atom stereocenters. The van der Waals surface area contributed by atoms with Gasteiger partial charge >= 0.3 is 0 Å². The third-order valence-electron chi connectivity index (χ3n) is 3.41. The molecule has 0 fully saturated rings. The fraction of sp³-hybridized carbons (Fsp3) is 0.500. The van der Waals surface area contributed by atoms with Gasteiger partial charge in [0.15, 0.2) is 0 Å². The van der Waals surface area contributed by atoms with Gasteiger partial charge in [-0.2, -0.15) is 0 Å². The smallest absolute Gasteiger partial charge is 0.120 e. The quantitative estimate of drug-likeness (QED) is 0.816. The predicted molar refractivity (Wildman–Crippen MR) is 88.9 cm³/mol. The molecule has 0 atom stereocenters. The monoisotopic (exact) mass is 286 g/mol. The largest absolute Gasteiger partial charge is 0.494 e. The van der Waals surface area contributed by atoms with Gasteiger partial charge in [-0.15, -0.1) is 0 Å². The first-order chi connectivity index (χ1) is 9.89. The molecule has 0 spiro atoms. The summed E-state index contributed by atoms with van der Waals surface area (Å²) in [7, 11) is 0. The molecule has 1 heterocycles. The Labute approximate surface area is 127 Å². The van der Waals surface area contributed by atoms with Crippen molar-refractivity contribution < 1.29 is 4.74 Å². The van der Waals surface area contributed by atoms with Crippen molar-refractivity contribution in [2.24, 2.45) is 5.73 Å². The maximum atomic E-state index is 6.19. The van der Waals surface area contributed by atoms with E-state index in [-0.39, 0.29) is 5.54 Å². The number of hydrogen-bond donors (Lipinski definition) is 1. The second-order valence-corrected chi connectivity index (χ2v) is 6.47. The molecule has 2 N–H and O–H groups in total. The second kappa shape index (κ2) is 6.44. The number of rotatable bonds is 6. The van der Waals surface area contributed by atoms with E-state index < -0.39 is 0 Å². The minimum Gasteiger partial charge on any atom is -0.494 e. The van der Waals surface area contributed by atoms with E-state index in [1.54, 1.807) is 0 Å². The Morgan fingerprint density at radius 3 is 2.67 bits per heavy atom. The van der Waals surface area contributed by atoms with E-state index >= 15 is 0 Å². The van der Waals surface area contributed by atoms with Gasteiger partial charge in [-0.05, 0) is 63.4 Å². The van der Waals surface area contributed by atoms with Crippen LogP contribution in [0.5, 0.6) is 5.75 Å². The molecule has 3 heteroatoms. The molecule has 1 aromatic carbocycles. The minimum atomic E-state index is -0.236.